The van der Waals surface area contributed by atoms with E-state index in [2.05, 4.69) is 20.3 Å². The first-order chi connectivity index (χ1) is 13.2. The SMILES string of the molecule is O=C(NC1COCCn2c1nc(-c1ccncn1)cc2=O)c1ccccc1. The van der Waals surface area contributed by atoms with Crippen LogP contribution in [-0.4, -0.2) is 38.6 Å². The monoisotopic (exact) mass is 363 g/mol. The van der Waals surface area contributed by atoms with Crippen molar-refractivity contribution in [3.8, 4) is 11.4 Å². The fourth-order valence-electron chi connectivity index (χ4n) is 2.96. The van der Waals surface area contributed by atoms with Crippen LogP contribution in [0.1, 0.15) is 22.2 Å². The van der Waals surface area contributed by atoms with Gasteiger partial charge in [-0.15, -0.1) is 0 Å². The molecule has 0 spiro atoms. The van der Waals surface area contributed by atoms with Crippen molar-refractivity contribution in [2.24, 2.45) is 0 Å². The van der Waals surface area contributed by atoms with Gasteiger partial charge in [0.15, 0.2) is 0 Å². The quantitative estimate of drug-likeness (QED) is 0.751. The van der Waals surface area contributed by atoms with Gasteiger partial charge in [-0.1, -0.05) is 18.2 Å². The summed E-state index contributed by atoms with van der Waals surface area (Å²) in [6, 6.07) is 11.5. The summed E-state index contributed by atoms with van der Waals surface area (Å²) in [5, 5.41) is 2.92. The van der Waals surface area contributed by atoms with E-state index in [1.807, 2.05) is 6.07 Å². The minimum absolute atomic E-state index is 0.210. The van der Waals surface area contributed by atoms with Gasteiger partial charge >= 0.3 is 0 Å². The summed E-state index contributed by atoms with van der Waals surface area (Å²) in [5.74, 6) is 0.206. The molecule has 1 unspecified atom stereocenters. The second kappa shape index (κ2) is 7.46. The van der Waals surface area contributed by atoms with E-state index in [1.54, 1.807) is 36.5 Å². The highest BCUT2D eigenvalue weighted by Gasteiger charge is 2.25. The molecule has 0 aliphatic carbocycles. The molecule has 0 saturated carbocycles. The number of hydrogen-bond donors (Lipinski definition) is 1. The number of benzene rings is 1. The Labute approximate surface area is 154 Å². The number of nitrogens with one attached hydrogen (secondary N) is 1. The maximum Gasteiger partial charge on any atom is 0.254 e. The van der Waals surface area contributed by atoms with Gasteiger partial charge in [0.1, 0.15) is 18.2 Å². The highest BCUT2D eigenvalue weighted by molar-refractivity contribution is 5.94. The second-order valence-electron chi connectivity index (χ2n) is 6.05. The Kier molecular flexibility index (Phi) is 4.71. The van der Waals surface area contributed by atoms with Crippen molar-refractivity contribution in [3.63, 3.8) is 0 Å². The molecule has 1 aromatic carbocycles. The molecular weight excluding hydrogens is 346 g/mol. The molecule has 0 saturated heterocycles. The zero-order valence-corrected chi connectivity index (χ0v) is 14.4. The van der Waals surface area contributed by atoms with Gasteiger partial charge in [-0.3, -0.25) is 14.2 Å². The molecule has 27 heavy (non-hydrogen) atoms. The van der Waals surface area contributed by atoms with Gasteiger partial charge in [0.05, 0.1) is 31.1 Å². The van der Waals surface area contributed by atoms with Gasteiger partial charge in [0, 0.05) is 17.8 Å². The highest BCUT2D eigenvalue weighted by atomic mass is 16.5. The molecule has 3 aromatic rings. The Morgan fingerprint density at radius 2 is 2.04 bits per heavy atom. The lowest BCUT2D eigenvalue weighted by atomic mass is 10.2. The Hall–Kier alpha value is -3.39. The molecule has 0 radical (unpaired) electrons. The average molecular weight is 363 g/mol. The topological polar surface area (TPSA) is 99.0 Å². The Morgan fingerprint density at radius 1 is 1.19 bits per heavy atom. The summed E-state index contributed by atoms with van der Waals surface area (Å²) in [6.45, 7) is 0.986. The standard InChI is InChI=1S/C19H17N5O3/c25-17-10-15(14-6-7-20-12-21-14)22-18-16(11-27-9-8-24(17)18)23-19(26)13-4-2-1-3-5-13/h1-7,10,12,16H,8-9,11H2,(H,23,26). The van der Waals surface area contributed by atoms with Crippen LogP contribution in [0.25, 0.3) is 11.4 Å². The third-order valence-electron chi connectivity index (χ3n) is 4.28. The smallest absolute Gasteiger partial charge is 0.254 e. The largest absolute Gasteiger partial charge is 0.377 e. The van der Waals surface area contributed by atoms with E-state index < -0.39 is 6.04 Å². The third-order valence-corrected chi connectivity index (χ3v) is 4.28. The van der Waals surface area contributed by atoms with Crippen molar-refractivity contribution >= 4 is 5.91 Å². The highest BCUT2D eigenvalue weighted by Crippen LogP contribution is 2.18. The number of aromatic nitrogens is 4. The number of hydrogen-bond acceptors (Lipinski definition) is 6. The van der Waals surface area contributed by atoms with Crippen LogP contribution in [-0.2, 0) is 11.3 Å². The summed E-state index contributed by atoms with van der Waals surface area (Å²) >= 11 is 0. The fourth-order valence-corrected chi connectivity index (χ4v) is 2.96. The van der Waals surface area contributed by atoms with E-state index >= 15 is 0 Å². The van der Waals surface area contributed by atoms with Crippen LogP contribution < -0.4 is 10.9 Å². The number of ether oxygens (including phenoxy) is 1. The zero-order valence-electron chi connectivity index (χ0n) is 14.4. The third kappa shape index (κ3) is 3.61. The van der Waals surface area contributed by atoms with Crippen LogP contribution in [0.3, 0.4) is 0 Å². The Morgan fingerprint density at radius 3 is 2.81 bits per heavy atom. The van der Waals surface area contributed by atoms with Crippen LogP contribution >= 0.6 is 0 Å². The van der Waals surface area contributed by atoms with Crippen LogP contribution in [0, 0.1) is 0 Å². The summed E-state index contributed by atoms with van der Waals surface area (Å²) in [4.78, 5) is 37.8. The Bertz CT molecular complexity index is 1000. The minimum atomic E-state index is -0.547. The number of rotatable bonds is 3. The molecule has 8 heteroatoms. The van der Waals surface area contributed by atoms with Gasteiger partial charge in [-0.2, -0.15) is 0 Å². The maximum atomic E-state index is 12.6. The molecule has 1 amide bonds. The van der Waals surface area contributed by atoms with E-state index in [1.165, 1.54) is 17.0 Å². The molecule has 1 atom stereocenters. The summed E-state index contributed by atoms with van der Waals surface area (Å²) < 4.78 is 7.12. The summed E-state index contributed by atoms with van der Waals surface area (Å²) in [7, 11) is 0. The van der Waals surface area contributed by atoms with Crippen LogP contribution in [0.4, 0.5) is 0 Å². The molecule has 3 heterocycles. The first-order valence-electron chi connectivity index (χ1n) is 8.54. The molecular formula is C19H17N5O3. The van der Waals surface area contributed by atoms with Crippen molar-refractivity contribution in [1.29, 1.82) is 0 Å². The van der Waals surface area contributed by atoms with E-state index in [9.17, 15) is 9.59 Å². The summed E-state index contributed by atoms with van der Waals surface area (Å²) in [5.41, 5.74) is 1.30. The molecule has 8 nitrogen and oxygen atoms in total. The fraction of sp³-hybridized carbons (Fsp3) is 0.211. The van der Waals surface area contributed by atoms with Gasteiger partial charge in [0.2, 0.25) is 0 Å². The van der Waals surface area contributed by atoms with Crippen LogP contribution in [0.5, 0.6) is 0 Å². The molecule has 1 aliphatic rings. The van der Waals surface area contributed by atoms with Crippen LogP contribution in [0.2, 0.25) is 0 Å². The molecule has 2 aromatic heterocycles. The molecule has 136 valence electrons. The van der Waals surface area contributed by atoms with Crippen molar-refractivity contribution < 1.29 is 9.53 Å². The first-order valence-corrected chi connectivity index (χ1v) is 8.54. The molecule has 1 N–H and O–H groups in total. The number of carbonyl (C=O) groups is 1. The van der Waals surface area contributed by atoms with Gasteiger partial charge in [-0.05, 0) is 18.2 Å². The lowest BCUT2D eigenvalue weighted by Crippen LogP contribution is -2.35. The van der Waals surface area contributed by atoms with Crippen molar-refractivity contribution in [3.05, 3.63) is 76.7 Å². The molecule has 1 aliphatic heterocycles. The summed E-state index contributed by atoms with van der Waals surface area (Å²) in [6.07, 6.45) is 2.99. The lowest BCUT2D eigenvalue weighted by Gasteiger charge is -2.19. The van der Waals surface area contributed by atoms with E-state index in [-0.39, 0.29) is 18.1 Å². The van der Waals surface area contributed by atoms with Gasteiger partial charge in [-0.25, -0.2) is 15.0 Å². The molecule has 0 bridgehead atoms. The van der Waals surface area contributed by atoms with Crippen molar-refractivity contribution in [2.45, 2.75) is 12.6 Å². The number of nitrogens with zero attached hydrogens (tertiary/aromatic N) is 4. The van der Waals surface area contributed by atoms with E-state index in [0.717, 1.165) is 0 Å². The molecule has 0 fully saturated rings. The second-order valence-corrected chi connectivity index (χ2v) is 6.05. The predicted molar refractivity (Wildman–Crippen MR) is 97.0 cm³/mol. The van der Waals surface area contributed by atoms with E-state index in [4.69, 9.17) is 4.74 Å². The van der Waals surface area contributed by atoms with E-state index in [0.29, 0.717) is 35.9 Å². The predicted octanol–water partition coefficient (Wildman–Crippen LogP) is 1.20. The minimum Gasteiger partial charge on any atom is -0.377 e. The van der Waals surface area contributed by atoms with Crippen LogP contribution in [0.15, 0.2) is 59.8 Å². The normalized spacial score (nSPS) is 16.2. The van der Waals surface area contributed by atoms with Gasteiger partial charge in [0.25, 0.3) is 11.5 Å². The Balaban J connectivity index is 1.72. The first kappa shape index (κ1) is 17.0. The van der Waals surface area contributed by atoms with Gasteiger partial charge < -0.3 is 10.1 Å². The zero-order chi connectivity index (χ0) is 18.6. The number of fused-ring (bicyclic) bond motifs is 1. The average Bonchev–Trinajstić information content (AvgIpc) is 2.92. The lowest BCUT2D eigenvalue weighted by molar-refractivity contribution is 0.0855. The number of carbonyl (C=O) groups excluding carboxylic acids is 1. The maximum absolute atomic E-state index is 12.6. The van der Waals surface area contributed by atoms with Crippen molar-refractivity contribution in [2.75, 3.05) is 13.2 Å². The van der Waals surface area contributed by atoms with Crippen molar-refractivity contribution in [1.82, 2.24) is 24.8 Å². The number of amides is 1. The molecule has 4 rings (SSSR count).